The SMILES string of the molecule is O=S1(=O)Oc2cc3c4c(c(O)c5c6c7c(c(O)c8c9c(cc1c(c2c46)c97)CCC8)OS5(=O)=O)CCC3. The van der Waals surface area contributed by atoms with Gasteiger partial charge >= 0.3 is 20.2 Å². The van der Waals surface area contributed by atoms with Gasteiger partial charge < -0.3 is 18.6 Å². The van der Waals surface area contributed by atoms with Crippen LogP contribution in [0.15, 0.2) is 21.9 Å². The number of phenolic OH excluding ortho intramolecular Hbond substituents is 2. The van der Waals surface area contributed by atoms with Crippen LogP contribution in [0.5, 0.6) is 23.0 Å². The van der Waals surface area contributed by atoms with Gasteiger partial charge in [0.25, 0.3) is 0 Å². The van der Waals surface area contributed by atoms with E-state index in [1.807, 2.05) is 0 Å². The number of phenols is 2. The molecule has 0 saturated carbocycles. The zero-order valence-electron chi connectivity index (χ0n) is 18.6. The third-order valence-electron chi connectivity index (χ3n) is 8.46. The van der Waals surface area contributed by atoms with Crippen molar-refractivity contribution in [3.63, 3.8) is 0 Å². The second kappa shape index (κ2) is 5.57. The molecule has 10 heteroatoms. The summed E-state index contributed by atoms with van der Waals surface area (Å²) in [4.78, 5) is -0.283. The van der Waals surface area contributed by atoms with Crippen LogP contribution >= 0.6 is 0 Å². The normalized spacial score (nSPS) is 20.0. The molecule has 2 aliphatic heterocycles. The molecule has 0 bridgehead atoms. The van der Waals surface area contributed by atoms with E-state index in [0.29, 0.717) is 76.6 Å². The first kappa shape index (κ1) is 19.7. The maximum Gasteiger partial charge on any atom is 0.343 e. The van der Waals surface area contributed by atoms with E-state index < -0.39 is 20.2 Å². The molecule has 2 N–H and O–H groups in total. The van der Waals surface area contributed by atoms with Crippen molar-refractivity contribution in [2.45, 2.75) is 48.3 Å². The van der Waals surface area contributed by atoms with Crippen molar-refractivity contribution < 1.29 is 35.4 Å². The van der Waals surface area contributed by atoms with Crippen LogP contribution < -0.4 is 8.37 Å². The van der Waals surface area contributed by atoms with E-state index in [0.717, 1.165) is 21.9 Å². The highest BCUT2D eigenvalue weighted by Crippen LogP contribution is 2.61. The average Bonchev–Trinajstić information content (AvgIpc) is 2.83. The van der Waals surface area contributed by atoms with Crippen molar-refractivity contribution in [1.29, 1.82) is 0 Å². The maximum absolute atomic E-state index is 13.5. The minimum atomic E-state index is -4.48. The molecule has 5 aromatic rings. The Morgan fingerprint density at radius 3 is 1.97 bits per heavy atom. The fourth-order valence-corrected chi connectivity index (χ4v) is 9.73. The molecule has 9 rings (SSSR count). The smallest absolute Gasteiger partial charge is 0.343 e. The number of hydrogen-bond acceptors (Lipinski definition) is 8. The van der Waals surface area contributed by atoms with Crippen LogP contribution in [-0.4, -0.2) is 27.0 Å². The molecule has 0 atom stereocenters. The highest BCUT2D eigenvalue weighted by Gasteiger charge is 2.43. The van der Waals surface area contributed by atoms with Gasteiger partial charge in [-0.25, -0.2) is 0 Å². The van der Waals surface area contributed by atoms with Gasteiger partial charge in [-0.15, -0.1) is 0 Å². The van der Waals surface area contributed by atoms with E-state index in [1.165, 1.54) is 0 Å². The Hall–Kier alpha value is -3.50. The largest absolute Gasteiger partial charge is 0.506 e. The summed E-state index contributed by atoms with van der Waals surface area (Å²) < 4.78 is 65.0. The number of aryl methyl sites for hydroxylation is 4. The standard InChI is InChI=1S/C26H16O8S2/c27-23-11-5-2-4-10-8-14-18-17-13(33-35(14,29)30)7-9-3-1-6-12-15(9)19(17)22-21(20(18)16(10)11)25(23)34-36(31,32)26(22)24(12)28/h7-8,27-28H,1-6H2. The summed E-state index contributed by atoms with van der Waals surface area (Å²) in [7, 11) is -8.63. The van der Waals surface area contributed by atoms with Crippen molar-refractivity contribution in [3.8, 4) is 23.0 Å². The molecule has 180 valence electrons. The van der Waals surface area contributed by atoms with E-state index >= 15 is 0 Å². The molecule has 2 heterocycles. The second-order valence-electron chi connectivity index (χ2n) is 10.2. The molecule has 0 fully saturated rings. The molecule has 5 aromatic carbocycles. The molecule has 0 amide bonds. The first-order valence-corrected chi connectivity index (χ1v) is 14.6. The Morgan fingerprint density at radius 1 is 0.611 bits per heavy atom. The second-order valence-corrected chi connectivity index (χ2v) is 13.2. The Kier molecular flexibility index (Phi) is 3.04. The monoisotopic (exact) mass is 520 g/mol. The van der Waals surface area contributed by atoms with Crippen LogP contribution in [-0.2, 0) is 45.9 Å². The number of aromatic hydroxyl groups is 2. The summed E-state index contributed by atoms with van der Waals surface area (Å²) in [5.74, 6) is -0.607. The summed E-state index contributed by atoms with van der Waals surface area (Å²) in [5, 5.41) is 26.8. The van der Waals surface area contributed by atoms with Crippen molar-refractivity contribution in [2.24, 2.45) is 0 Å². The van der Waals surface area contributed by atoms with E-state index in [9.17, 15) is 27.0 Å². The van der Waals surface area contributed by atoms with Crippen LogP contribution in [0.4, 0.5) is 0 Å². The molecule has 36 heavy (non-hydrogen) atoms. The molecule has 0 spiro atoms. The third-order valence-corrected chi connectivity index (χ3v) is 11.0. The van der Waals surface area contributed by atoms with Gasteiger partial charge in [-0.05, 0) is 72.6 Å². The summed E-state index contributed by atoms with van der Waals surface area (Å²) in [6.45, 7) is 0. The lowest BCUT2D eigenvalue weighted by Crippen LogP contribution is -2.21. The average molecular weight is 521 g/mol. The zero-order valence-corrected chi connectivity index (χ0v) is 20.2. The number of rotatable bonds is 0. The Bertz CT molecular complexity index is 2190. The topological polar surface area (TPSA) is 127 Å². The fourth-order valence-electron chi connectivity index (χ4n) is 7.25. The van der Waals surface area contributed by atoms with Crippen molar-refractivity contribution in [2.75, 3.05) is 0 Å². The zero-order chi connectivity index (χ0) is 24.5. The minimum absolute atomic E-state index is 0.0413. The van der Waals surface area contributed by atoms with E-state index in [2.05, 4.69) is 0 Å². The molecule has 8 nitrogen and oxygen atoms in total. The molecule has 0 saturated heterocycles. The lowest BCUT2D eigenvalue weighted by molar-refractivity contribution is 0.417. The van der Waals surface area contributed by atoms with E-state index in [1.54, 1.807) is 12.1 Å². The first-order valence-electron chi connectivity index (χ1n) is 11.8. The lowest BCUT2D eigenvalue weighted by Gasteiger charge is -2.33. The minimum Gasteiger partial charge on any atom is -0.506 e. The molecule has 0 aromatic heterocycles. The van der Waals surface area contributed by atoms with Crippen LogP contribution in [0, 0.1) is 0 Å². The fraction of sp³-hybridized carbons (Fsp3) is 0.231. The highest BCUT2D eigenvalue weighted by atomic mass is 32.2. The van der Waals surface area contributed by atoms with Crippen LogP contribution in [0.1, 0.15) is 35.1 Å². The van der Waals surface area contributed by atoms with Crippen LogP contribution in [0.2, 0.25) is 0 Å². The maximum atomic E-state index is 13.5. The van der Waals surface area contributed by atoms with Gasteiger partial charge in [0, 0.05) is 43.4 Å². The molecule has 0 unspecified atom stereocenters. The molecular formula is C26H16O8S2. The molecule has 4 aliphatic rings. The Balaban J connectivity index is 1.78. The van der Waals surface area contributed by atoms with E-state index in [4.69, 9.17) is 8.37 Å². The highest BCUT2D eigenvalue weighted by molar-refractivity contribution is 7.88. The quantitative estimate of drug-likeness (QED) is 0.176. The number of hydrogen-bond donors (Lipinski definition) is 2. The van der Waals surface area contributed by atoms with Crippen LogP contribution in [0.25, 0.3) is 43.1 Å². The predicted molar refractivity (Wildman–Crippen MR) is 131 cm³/mol. The van der Waals surface area contributed by atoms with Gasteiger partial charge in [0.15, 0.2) is 22.1 Å². The van der Waals surface area contributed by atoms with Gasteiger partial charge in [-0.2, -0.15) is 16.8 Å². The summed E-state index contributed by atoms with van der Waals surface area (Å²) in [6, 6.07) is 3.36. The predicted octanol–water partition coefficient (Wildman–Crippen LogP) is 4.29. The van der Waals surface area contributed by atoms with Crippen molar-refractivity contribution in [1.82, 2.24) is 0 Å². The Morgan fingerprint density at radius 2 is 1.25 bits per heavy atom. The van der Waals surface area contributed by atoms with E-state index in [-0.39, 0.29) is 38.2 Å². The van der Waals surface area contributed by atoms with Crippen molar-refractivity contribution >= 4 is 63.3 Å². The van der Waals surface area contributed by atoms with Gasteiger partial charge in [0.1, 0.15) is 10.6 Å². The third kappa shape index (κ3) is 1.89. The summed E-state index contributed by atoms with van der Waals surface area (Å²) >= 11 is 0. The lowest BCUT2D eigenvalue weighted by atomic mass is 9.78. The summed E-state index contributed by atoms with van der Waals surface area (Å²) in [6.07, 6.45) is 3.54. The molecule has 0 radical (unpaired) electrons. The Labute approximate surface area is 204 Å². The summed E-state index contributed by atoms with van der Waals surface area (Å²) in [5.41, 5.74) is 2.62. The molecular weight excluding hydrogens is 504 g/mol. The van der Waals surface area contributed by atoms with Gasteiger partial charge in [-0.3, -0.25) is 0 Å². The van der Waals surface area contributed by atoms with Crippen molar-refractivity contribution in [3.05, 3.63) is 34.4 Å². The van der Waals surface area contributed by atoms with Gasteiger partial charge in [0.05, 0.1) is 0 Å². The van der Waals surface area contributed by atoms with Crippen LogP contribution in [0.3, 0.4) is 0 Å². The van der Waals surface area contributed by atoms with Gasteiger partial charge in [0.2, 0.25) is 0 Å². The molecule has 2 aliphatic carbocycles. The number of benzene rings is 5. The first-order chi connectivity index (χ1) is 17.2. The van der Waals surface area contributed by atoms with Gasteiger partial charge in [-0.1, -0.05) is 0 Å².